The van der Waals surface area contributed by atoms with Crippen molar-refractivity contribution >= 4 is 18.5 Å². The van der Waals surface area contributed by atoms with E-state index in [0.717, 1.165) is 5.56 Å². The first-order chi connectivity index (χ1) is 10.1. The number of aliphatic imine (C=N–C) groups is 1. The molecule has 0 saturated carbocycles. The van der Waals surface area contributed by atoms with Crippen molar-refractivity contribution in [2.45, 2.75) is 13.2 Å². The van der Waals surface area contributed by atoms with E-state index in [0.29, 0.717) is 41.7 Å². The number of hydrogen-bond donors (Lipinski definition) is 2. The molecule has 1 aromatic carbocycles. The third-order valence-corrected chi connectivity index (χ3v) is 3.92. The number of thiol groups is 1. The van der Waals surface area contributed by atoms with Crippen molar-refractivity contribution < 1.29 is 9.47 Å². The number of fused-ring (bicyclic) bond motifs is 1. The fourth-order valence-electron chi connectivity index (χ4n) is 2.28. The molecule has 2 aliphatic heterocycles. The quantitative estimate of drug-likeness (QED) is 0.767. The van der Waals surface area contributed by atoms with Crippen molar-refractivity contribution in [1.29, 1.82) is 5.26 Å². The monoisotopic (exact) mass is 302 g/mol. The van der Waals surface area contributed by atoms with Crippen molar-refractivity contribution in [2.75, 3.05) is 13.2 Å². The van der Waals surface area contributed by atoms with E-state index in [1.165, 1.54) is 4.31 Å². The van der Waals surface area contributed by atoms with Crippen LogP contribution in [0.5, 0.6) is 11.5 Å². The van der Waals surface area contributed by atoms with Crippen molar-refractivity contribution in [2.24, 2.45) is 10.7 Å². The van der Waals surface area contributed by atoms with E-state index < -0.39 is 6.29 Å². The molecule has 6 nitrogen and oxygen atoms in total. The summed E-state index contributed by atoms with van der Waals surface area (Å²) in [4.78, 5) is 4.35. The number of ether oxygens (including phenoxy) is 2. The van der Waals surface area contributed by atoms with Gasteiger partial charge in [-0.25, -0.2) is 4.99 Å². The first-order valence-electron chi connectivity index (χ1n) is 6.44. The third kappa shape index (κ3) is 2.33. The van der Waals surface area contributed by atoms with E-state index in [4.69, 9.17) is 15.2 Å². The van der Waals surface area contributed by atoms with Gasteiger partial charge in [0, 0.05) is 11.3 Å². The molecule has 1 unspecified atom stereocenters. The second-order valence-corrected chi connectivity index (χ2v) is 5.10. The summed E-state index contributed by atoms with van der Waals surface area (Å²) < 4.78 is 12.5. The average molecular weight is 302 g/mol. The molecule has 0 amide bonds. The lowest BCUT2D eigenvalue weighted by Crippen LogP contribution is -2.38. The van der Waals surface area contributed by atoms with Crippen LogP contribution in [0.2, 0.25) is 0 Å². The van der Waals surface area contributed by atoms with Gasteiger partial charge in [-0.1, -0.05) is 12.8 Å². The van der Waals surface area contributed by atoms with Crippen LogP contribution < -0.4 is 15.2 Å². The van der Waals surface area contributed by atoms with Crippen molar-refractivity contribution in [3.63, 3.8) is 0 Å². The summed E-state index contributed by atoms with van der Waals surface area (Å²) in [6, 6.07) is 7.64. The Bertz CT molecular complexity index is 693. The summed E-state index contributed by atoms with van der Waals surface area (Å²) in [5, 5.41) is 9.39. The van der Waals surface area contributed by atoms with Crippen LogP contribution in [-0.4, -0.2) is 29.5 Å². The first kappa shape index (κ1) is 13.8. The Kier molecular flexibility index (Phi) is 3.49. The Morgan fingerprint density at radius 1 is 1.38 bits per heavy atom. The molecule has 0 saturated heterocycles. The molecule has 2 aliphatic rings. The maximum atomic E-state index is 9.39. The summed E-state index contributed by atoms with van der Waals surface area (Å²) in [7, 11) is 0. The molecule has 7 heteroatoms. The van der Waals surface area contributed by atoms with Gasteiger partial charge in [0.1, 0.15) is 19.3 Å². The molecule has 3 rings (SSSR count). The normalized spacial score (nSPS) is 21.0. The molecule has 0 aliphatic carbocycles. The highest BCUT2D eigenvalue weighted by molar-refractivity contribution is 7.77. The van der Waals surface area contributed by atoms with Crippen LogP contribution in [0, 0.1) is 11.3 Å². The van der Waals surface area contributed by atoms with Crippen LogP contribution in [0.3, 0.4) is 0 Å². The fourth-order valence-corrected chi connectivity index (χ4v) is 2.43. The van der Waals surface area contributed by atoms with Gasteiger partial charge in [-0.2, -0.15) is 5.26 Å². The number of nitrogens with two attached hydrogens (primary N) is 1. The van der Waals surface area contributed by atoms with E-state index >= 15 is 0 Å². The predicted molar refractivity (Wildman–Crippen MR) is 81.1 cm³/mol. The lowest BCUT2D eigenvalue weighted by molar-refractivity contribution is 0.171. The zero-order chi connectivity index (χ0) is 15.0. The van der Waals surface area contributed by atoms with E-state index in [1.54, 1.807) is 6.92 Å². The number of benzene rings is 1. The second-order valence-electron chi connectivity index (χ2n) is 4.67. The minimum absolute atomic E-state index is 0.448. The highest BCUT2D eigenvalue weighted by Crippen LogP contribution is 2.33. The Balaban J connectivity index is 2.07. The maximum Gasteiger partial charge on any atom is 0.183 e. The van der Waals surface area contributed by atoms with E-state index in [1.807, 2.05) is 18.2 Å². The molecule has 0 fully saturated rings. The molecule has 0 spiro atoms. The zero-order valence-corrected chi connectivity index (χ0v) is 12.3. The number of allylic oxidation sites excluding steroid dienone is 2. The molecule has 2 N–H and O–H groups in total. The molecule has 0 aromatic heterocycles. The summed E-state index contributed by atoms with van der Waals surface area (Å²) in [5.74, 6) is 1.35. The topological polar surface area (TPSA) is 83.9 Å². The highest BCUT2D eigenvalue weighted by Gasteiger charge is 2.26. The maximum absolute atomic E-state index is 9.39. The predicted octanol–water partition coefficient (Wildman–Crippen LogP) is 1.45. The smallest absolute Gasteiger partial charge is 0.183 e. The minimum Gasteiger partial charge on any atom is -0.486 e. The van der Waals surface area contributed by atoms with E-state index in [9.17, 15) is 5.26 Å². The molecule has 1 atom stereocenters. The molecular formula is C14H14N4O2S. The largest absolute Gasteiger partial charge is 0.486 e. The summed E-state index contributed by atoms with van der Waals surface area (Å²) in [5.41, 5.74) is 8.35. The molecule has 21 heavy (non-hydrogen) atoms. The van der Waals surface area contributed by atoms with Gasteiger partial charge in [-0.15, -0.1) is 0 Å². The van der Waals surface area contributed by atoms with Crippen LogP contribution in [0.25, 0.3) is 0 Å². The number of rotatable bonds is 1. The molecule has 2 heterocycles. The minimum atomic E-state index is -0.631. The fraction of sp³-hybridized carbons (Fsp3) is 0.286. The van der Waals surface area contributed by atoms with Gasteiger partial charge in [0.2, 0.25) is 0 Å². The molecule has 1 aromatic rings. The average Bonchev–Trinajstić information content (AvgIpc) is 2.52. The van der Waals surface area contributed by atoms with Gasteiger partial charge in [-0.3, -0.25) is 10.0 Å². The van der Waals surface area contributed by atoms with E-state index in [-0.39, 0.29) is 0 Å². The van der Waals surface area contributed by atoms with Crippen molar-refractivity contribution in [3.8, 4) is 17.6 Å². The molecular weight excluding hydrogens is 288 g/mol. The second kappa shape index (κ2) is 5.31. The first-order valence-corrected chi connectivity index (χ1v) is 6.84. The highest BCUT2D eigenvalue weighted by atomic mass is 32.1. The van der Waals surface area contributed by atoms with Gasteiger partial charge in [0.05, 0.1) is 11.3 Å². The van der Waals surface area contributed by atoms with Crippen molar-refractivity contribution in [3.05, 3.63) is 35.0 Å². The summed E-state index contributed by atoms with van der Waals surface area (Å²) >= 11 is 4.24. The molecule has 108 valence electrons. The zero-order valence-electron chi connectivity index (χ0n) is 11.4. The van der Waals surface area contributed by atoms with Crippen LogP contribution in [-0.2, 0) is 0 Å². The van der Waals surface area contributed by atoms with Crippen LogP contribution >= 0.6 is 12.8 Å². The standard InChI is InChI=1S/C14H14N4O2S/c1-8-10(7-15)13(17-14(16)18(8)21)9-2-3-11-12(6-9)20-5-4-19-11/h2-3,6,14,21H,4-5,16H2,1H3. The SMILES string of the molecule is CC1=C(C#N)C(c2ccc3c(c2)OCCO3)=NC(N)N1S. The molecule has 0 bridgehead atoms. The Hall–Kier alpha value is -2.17. The van der Waals surface area contributed by atoms with Crippen LogP contribution in [0.15, 0.2) is 34.5 Å². The van der Waals surface area contributed by atoms with Gasteiger partial charge >= 0.3 is 0 Å². The van der Waals surface area contributed by atoms with Crippen LogP contribution in [0.1, 0.15) is 12.5 Å². The Morgan fingerprint density at radius 3 is 2.81 bits per heavy atom. The number of nitriles is 1. The Morgan fingerprint density at radius 2 is 2.10 bits per heavy atom. The lowest BCUT2D eigenvalue weighted by atomic mass is 10.00. The van der Waals surface area contributed by atoms with Gasteiger partial charge in [0.15, 0.2) is 17.8 Å². The van der Waals surface area contributed by atoms with Gasteiger partial charge in [-0.05, 0) is 25.1 Å². The number of hydrogen-bond acceptors (Lipinski definition) is 7. The lowest BCUT2D eigenvalue weighted by Gasteiger charge is -2.29. The van der Waals surface area contributed by atoms with Gasteiger partial charge in [0.25, 0.3) is 0 Å². The summed E-state index contributed by atoms with van der Waals surface area (Å²) in [6.45, 7) is 2.83. The number of nitrogens with zero attached hydrogens (tertiary/aromatic N) is 3. The van der Waals surface area contributed by atoms with Gasteiger partial charge < -0.3 is 9.47 Å². The Labute approximate surface area is 128 Å². The van der Waals surface area contributed by atoms with E-state index in [2.05, 4.69) is 23.9 Å². The summed E-state index contributed by atoms with van der Waals surface area (Å²) in [6.07, 6.45) is -0.631. The molecule has 0 radical (unpaired) electrons. The third-order valence-electron chi connectivity index (χ3n) is 3.38. The van der Waals surface area contributed by atoms with Crippen molar-refractivity contribution in [1.82, 2.24) is 4.31 Å². The van der Waals surface area contributed by atoms with Crippen LogP contribution in [0.4, 0.5) is 0 Å².